The van der Waals surface area contributed by atoms with Crippen LogP contribution in [0.2, 0.25) is 0 Å². The molecule has 1 aliphatic rings. The number of hydrogen-bond donors (Lipinski definition) is 1. The Morgan fingerprint density at radius 3 is 2.57 bits per heavy atom. The van der Waals surface area contributed by atoms with Crippen LogP contribution in [-0.2, 0) is 10.0 Å². The fourth-order valence-electron chi connectivity index (χ4n) is 2.29. The first-order valence-corrected chi connectivity index (χ1v) is 9.41. The topological polar surface area (TPSA) is 82.6 Å². The molecule has 2 amide bonds. The molecule has 0 aliphatic carbocycles. The number of carbonyl (C=O) groups excluding carboxylic acids is 1. The van der Waals surface area contributed by atoms with Gasteiger partial charge in [-0.15, -0.1) is 11.3 Å². The number of sulfonamides is 1. The summed E-state index contributed by atoms with van der Waals surface area (Å²) in [7, 11) is -1.59. The molecular formula is C12H20N4O3S2. The summed E-state index contributed by atoms with van der Waals surface area (Å²) < 4.78 is 24.4. The minimum absolute atomic E-state index is 0.0360. The molecule has 0 spiro atoms. The maximum absolute atomic E-state index is 12.1. The maximum Gasteiger partial charge on any atom is 0.323 e. The first-order chi connectivity index (χ1) is 9.77. The van der Waals surface area contributed by atoms with Crippen LogP contribution in [0.25, 0.3) is 0 Å². The molecule has 0 unspecified atom stereocenters. The van der Waals surface area contributed by atoms with Gasteiger partial charge in [-0.05, 0) is 19.8 Å². The van der Waals surface area contributed by atoms with Gasteiger partial charge in [0.25, 0.3) is 0 Å². The highest BCUT2D eigenvalue weighted by Gasteiger charge is 2.29. The number of aromatic nitrogens is 1. The molecule has 1 saturated heterocycles. The number of likely N-dealkylation sites (tertiary alicyclic amines) is 1. The van der Waals surface area contributed by atoms with Gasteiger partial charge >= 0.3 is 6.03 Å². The van der Waals surface area contributed by atoms with Crippen LogP contribution in [0.15, 0.2) is 5.38 Å². The Kier molecular flexibility index (Phi) is 4.84. The number of rotatable bonds is 3. The van der Waals surface area contributed by atoms with E-state index in [1.807, 2.05) is 12.3 Å². The summed E-state index contributed by atoms with van der Waals surface area (Å²) in [6, 6.07) is -0.212. The van der Waals surface area contributed by atoms with Crippen LogP contribution in [0.5, 0.6) is 0 Å². The lowest BCUT2D eigenvalue weighted by atomic mass is 10.1. The van der Waals surface area contributed by atoms with Crippen molar-refractivity contribution >= 4 is 32.5 Å². The molecule has 1 aliphatic heterocycles. The number of carbonyl (C=O) groups is 1. The Morgan fingerprint density at radius 2 is 2.10 bits per heavy atom. The van der Waals surface area contributed by atoms with Crippen LogP contribution in [-0.4, -0.2) is 61.1 Å². The molecule has 0 aromatic carbocycles. The van der Waals surface area contributed by atoms with Crippen molar-refractivity contribution in [1.29, 1.82) is 0 Å². The lowest BCUT2D eigenvalue weighted by Crippen LogP contribution is -2.48. The van der Waals surface area contributed by atoms with E-state index in [4.69, 9.17) is 0 Å². The zero-order valence-corrected chi connectivity index (χ0v) is 14.0. The number of nitrogens with zero attached hydrogens (tertiary/aromatic N) is 3. The minimum atomic E-state index is -3.18. The van der Waals surface area contributed by atoms with Gasteiger partial charge in [0.15, 0.2) is 5.13 Å². The van der Waals surface area contributed by atoms with Crippen LogP contribution in [0.3, 0.4) is 0 Å². The third-order valence-electron chi connectivity index (χ3n) is 3.62. The van der Waals surface area contributed by atoms with E-state index in [9.17, 15) is 13.2 Å². The van der Waals surface area contributed by atoms with Gasteiger partial charge in [0.05, 0.1) is 11.9 Å². The molecule has 9 heteroatoms. The van der Waals surface area contributed by atoms with E-state index in [1.54, 1.807) is 11.9 Å². The average Bonchev–Trinajstić information content (AvgIpc) is 2.82. The Labute approximate surface area is 129 Å². The maximum atomic E-state index is 12.1. The number of thiazole rings is 1. The molecule has 1 fully saturated rings. The van der Waals surface area contributed by atoms with Gasteiger partial charge in [-0.25, -0.2) is 22.5 Å². The summed E-state index contributed by atoms with van der Waals surface area (Å²) in [5, 5.41) is 5.24. The zero-order valence-electron chi connectivity index (χ0n) is 12.4. The standard InChI is InChI=1S/C12H20N4O3S2/c1-9-8-20-11(13-9)14-12(17)16-6-4-10(5-7-16)15(2)21(3,18)19/h8,10H,4-7H2,1-3H3,(H,13,14,17). The number of nitrogens with one attached hydrogen (secondary N) is 1. The largest absolute Gasteiger partial charge is 0.324 e. The highest BCUT2D eigenvalue weighted by molar-refractivity contribution is 7.88. The number of piperidine rings is 1. The molecule has 21 heavy (non-hydrogen) atoms. The molecule has 7 nitrogen and oxygen atoms in total. The Bertz CT molecular complexity index is 606. The zero-order chi connectivity index (χ0) is 15.6. The van der Waals surface area contributed by atoms with E-state index >= 15 is 0 Å². The quantitative estimate of drug-likeness (QED) is 0.905. The SMILES string of the molecule is Cc1csc(NC(=O)N2CCC(N(C)S(C)(=O)=O)CC2)n1. The fourth-order valence-corrected chi connectivity index (χ4v) is 3.72. The van der Waals surface area contributed by atoms with Crippen LogP contribution in [0.1, 0.15) is 18.5 Å². The smallest absolute Gasteiger partial charge is 0.323 e. The number of amides is 2. The first-order valence-electron chi connectivity index (χ1n) is 6.68. The number of anilines is 1. The molecule has 118 valence electrons. The molecule has 2 heterocycles. The molecule has 0 bridgehead atoms. The Morgan fingerprint density at radius 1 is 1.48 bits per heavy atom. The van der Waals surface area contributed by atoms with E-state index < -0.39 is 10.0 Å². The van der Waals surface area contributed by atoms with Gasteiger partial charge in [-0.3, -0.25) is 5.32 Å². The molecule has 1 aromatic rings. The third-order valence-corrected chi connectivity index (χ3v) is 5.84. The van der Waals surface area contributed by atoms with E-state index in [0.29, 0.717) is 31.1 Å². The number of urea groups is 1. The van der Waals surface area contributed by atoms with Gasteiger partial charge in [-0.2, -0.15) is 0 Å². The summed E-state index contributed by atoms with van der Waals surface area (Å²) in [5.41, 5.74) is 0.879. The average molecular weight is 332 g/mol. The fraction of sp³-hybridized carbons (Fsp3) is 0.667. The van der Waals surface area contributed by atoms with Crippen molar-refractivity contribution in [3.8, 4) is 0 Å². The normalized spacial score (nSPS) is 17.2. The van der Waals surface area contributed by atoms with Crippen LogP contribution in [0.4, 0.5) is 9.93 Å². The van der Waals surface area contributed by atoms with Gasteiger partial charge in [0.1, 0.15) is 0 Å². The van der Waals surface area contributed by atoms with Gasteiger partial charge in [-0.1, -0.05) is 0 Å². The molecule has 1 N–H and O–H groups in total. The van der Waals surface area contributed by atoms with Gasteiger partial charge < -0.3 is 4.90 Å². The van der Waals surface area contributed by atoms with Crippen molar-refractivity contribution in [1.82, 2.24) is 14.2 Å². The second-order valence-corrected chi connectivity index (χ2v) is 8.12. The van der Waals surface area contributed by atoms with Crippen LogP contribution in [0, 0.1) is 6.92 Å². The second-order valence-electron chi connectivity index (χ2n) is 5.22. The van der Waals surface area contributed by atoms with Crippen molar-refractivity contribution < 1.29 is 13.2 Å². The van der Waals surface area contributed by atoms with E-state index in [1.165, 1.54) is 21.9 Å². The van der Waals surface area contributed by atoms with E-state index in [-0.39, 0.29) is 12.1 Å². The molecule has 0 radical (unpaired) electrons. The van der Waals surface area contributed by atoms with Crippen molar-refractivity contribution in [3.05, 3.63) is 11.1 Å². The van der Waals surface area contributed by atoms with Gasteiger partial charge in [0, 0.05) is 31.6 Å². The Hall–Kier alpha value is -1.19. The number of aryl methyl sites for hydroxylation is 1. The van der Waals surface area contributed by atoms with Crippen molar-refractivity contribution in [2.75, 3.05) is 31.7 Å². The molecular weight excluding hydrogens is 312 g/mol. The lowest BCUT2D eigenvalue weighted by molar-refractivity contribution is 0.175. The van der Waals surface area contributed by atoms with Crippen molar-refractivity contribution in [2.24, 2.45) is 0 Å². The molecule has 2 rings (SSSR count). The minimum Gasteiger partial charge on any atom is -0.324 e. The predicted molar refractivity (Wildman–Crippen MR) is 83.1 cm³/mol. The highest BCUT2D eigenvalue weighted by atomic mass is 32.2. The monoisotopic (exact) mass is 332 g/mol. The second kappa shape index (κ2) is 6.29. The molecule has 0 atom stereocenters. The van der Waals surface area contributed by atoms with E-state index in [2.05, 4.69) is 10.3 Å². The summed E-state index contributed by atoms with van der Waals surface area (Å²) in [4.78, 5) is 18.0. The molecule has 0 saturated carbocycles. The predicted octanol–water partition coefficient (Wildman–Crippen LogP) is 1.34. The number of hydrogen-bond acceptors (Lipinski definition) is 5. The summed E-state index contributed by atoms with van der Waals surface area (Å²) in [5.74, 6) is 0. The first kappa shape index (κ1) is 16.2. The molecule has 1 aromatic heterocycles. The Balaban J connectivity index is 1.87. The highest BCUT2D eigenvalue weighted by Crippen LogP contribution is 2.19. The van der Waals surface area contributed by atoms with Crippen molar-refractivity contribution in [2.45, 2.75) is 25.8 Å². The summed E-state index contributed by atoms with van der Waals surface area (Å²) in [6.45, 7) is 2.96. The van der Waals surface area contributed by atoms with Crippen molar-refractivity contribution in [3.63, 3.8) is 0 Å². The lowest BCUT2D eigenvalue weighted by Gasteiger charge is -2.35. The van der Waals surface area contributed by atoms with Crippen LogP contribution < -0.4 is 5.32 Å². The van der Waals surface area contributed by atoms with Gasteiger partial charge in [0.2, 0.25) is 10.0 Å². The summed E-state index contributed by atoms with van der Waals surface area (Å²) >= 11 is 1.39. The van der Waals surface area contributed by atoms with Crippen LogP contribution >= 0.6 is 11.3 Å². The third kappa shape index (κ3) is 4.14. The van der Waals surface area contributed by atoms with E-state index in [0.717, 1.165) is 5.69 Å². The summed E-state index contributed by atoms with van der Waals surface area (Å²) in [6.07, 6.45) is 2.50.